The molecule has 114 valence electrons. The van der Waals surface area contributed by atoms with Crippen molar-refractivity contribution < 1.29 is 0 Å². The molecule has 0 radical (unpaired) electrons. The molecule has 0 atom stereocenters. The Balaban J connectivity index is 1.38. The van der Waals surface area contributed by atoms with Crippen LogP contribution in [0.4, 0.5) is 0 Å². The van der Waals surface area contributed by atoms with E-state index in [1.165, 1.54) is 74.2 Å². The second-order valence-electron chi connectivity index (χ2n) is 6.35. The zero-order chi connectivity index (χ0) is 13.7. The van der Waals surface area contributed by atoms with Gasteiger partial charge in [-0.15, -0.1) is 0 Å². The van der Waals surface area contributed by atoms with Gasteiger partial charge in [0.15, 0.2) is 5.17 Å². The third-order valence-corrected chi connectivity index (χ3v) is 7.04. The molecule has 0 unspecified atom stereocenters. The van der Waals surface area contributed by atoms with Gasteiger partial charge in [-0.1, -0.05) is 31.0 Å². The van der Waals surface area contributed by atoms with Crippen molar-refractivity contribution in [1.29, 1.82) is 0 Å². The van der Waals surface area contributed by atoms with Crippen LogP contribution in [0.15, 0.2) is 4.99 Å². The van der Waals surface area contributed by atoms with Gasteiger partial charge in [-0.05, 0) is 18.3 Å². The van der Waals surface area contributed by atoms with Crippen LogP contribution in [0.2, 0.25) is 0 Å². The molecule has 1 saturated heterocycles. The van der Waals surface area contributed by atoms with Crippen LogP contribution in [0, 0.1) is 5.41 Å². The van der Waals surface area contributed by atoms with E-state index in [-0.39, 0.29) is 0 Å². The van der Waals surface area contributed by atoms with Crippen molar-refractivity contribution in [3.63, 3.8) is 0 Å². The van der Waals surface area contributed by atoms with Crippen LogP contribution >= 0.6 is 23.5 Å². The lowest BCUT2D eigenvalue weighted by Gasteiger charge is -2.38. The summed E-state index contributed by atoms with van der Waals surface area (Å²) < 4.78 is 0. The van der Waals surface area contributed by atoms with Crippen LogP contribution in [0.5, 0.6) is 0 Å². The molecule has 0 bridgehead atoms. The summed E-state index contributed by atoms with van der Waals surface area (Å²) >= 11 is 4.05. The van der Waals surface area contributed by atoms with E-state index in [9.17, 15) is 0 Å². The van der Waals surface area contributed by atoms with Crippen LogP contribution in [0.3, 0.4) is 0 Å². The topological polar surface area (TPSA) is 27.6 Å². The zero-order valence-corrected chi connectivity index (χ0v) is 14.0. The van der Waals surface area contributed by atoms with Crippen LogP contribution < -0.4 is 5.32 Å². The summed E-state index contributed by atoms with van der Waals surface area (Å²) in [6, 6.07) is 0. The number of hydrogen-bond donors (Lipinski definition) is 1. The molecule has 1 N–H and O–H groups in total. The minimum Gasteiger partial charge on any atom is -0.364 e. The molecule has 0 amide bonds. The molecule has 2 aliphatic heterocycles. The Labute approximate surface area is 131 Å². The lowest BCUT2D eigenvalue weighted by molar-refractivity contribution is 0.232. The molecule has 3 rings (SSSR count). The highest BCUT2D eigenvalue weighted by Crippen LogP contribution is 2.41. The summed E-state index contributed by atoms with van der Waals surface area (Å²) in [5.41, 5.74) is 0.554. The lowest BCUT2D eigenvalue weighted by atomic mass is 9.75. The standard InChI is InChI=1S/C15H27N3S2/c1-2-4-15(5-3-1)12-17-14(20-13-15)16-6-7-18-8-10-19-11-9-18/h1-13H2,(H,16,17). The summed E-state index contributed by atoms with van der Waals surface area (Å²) in [6.45, 7) is 5.82. The molecule has 1 spiro atoms. The smallest absolute Gasteiger partial charge is 0.156 e. The molecular weight excluding hydrogens is 286 g/mol. The fourth-order valence-corrected chi connectivity index (χ4v) is 5.57. The van der Waals surface area contributed by atoms with Gasteiger partial charge < -0.3 is 5.32 Å². The molecule has 3 aliphatic rings. The third kappa shape index (κ3) is 4.08. The molecule has 5 heteroatoms. The van der Waals surface area contributed by atoms with E-state index >= 15 is 0 Å². The summed E-state index contributed by atoms with van der Waals surface area (Å²) in [5, 5.41) is 4.76. The minimum atomic E-state index is 0.554. The van der Waals surface area contributed by atoms with E-state index in [1.807, 2.05) is 11.8 Å². The summed E-state index contributed by atoms with van der Waals surface area (Å²) in [4.78, 5) is 7.40. The summed E-state index contributed by atoms with van der Waals surface area (Å²) in [5.74, 6) is 3.90. The second-order valence-corrected chi connectivity index (χ2v) is 8.54. The van der Waals surface area contributed by atoms with Gasteiger partial charge in [0.25, 0.3) is 0 Å². The van der Waals surface area contributed by atoms with Crippen molar-refractivity contribution in [3.05, 3.63) is 0 Å². The first-order chi connectivity index (χ1) is 9.86. The number of nitrogens with zero attached hydrogens (tertiary/aromatic N) is 2. The van der Waals surface area contributed by atoms with Gasteiger partial charge in [0.05, 0.1) is 0 Å². The van der Waals surface area contributed by atoms with Crippen molar-refractivity contribution in [2.45, 2.75) is 32.1 Å². The average Bonchev–Trinajstić information content (AvgIpc) is 2.52. The Morgan fingerprint density at radius 3 is 2.65 bits per heavy atom. The largest absolute Gasteiger partial charge is 0.364 e. The van der Waals surface area contributed by atoms with Crippen LogP contribution in [0.1, 0.15) is 32.1 Å². The van der Waals surface area contributed by atoms with Gasteiger partial charge in [-0.3, -0.25) is 9.89 Å². The molecular formula is C15H27N3S2. The maximum Gasteiger partial charge on any atom is 0.156 e. The van der Waals surface area contributed by atoms with Crippen molar-refractivity contribution in [2.24, 2.45) is 10.4 Å². The molecule has 0 aromatic heterocycles. The van der Waals surface area contributed by atoms with Crippen LogP contribution in [0.25, 0.3) is 0 Å². The van der Waals surface area contributed by atoms with Crippen LogP contribution in [-0.4, -0.2) is 60.0 Å². The van der Waals surface area contributed by atoms with E-state index in [0.717, 1.165) is 13.1 Å². The number of amidine groups is 1. The molecule has 3 nitrogen and oxygen atoms in total. The first-order valence-corrected chi connectivity index (χ1v) is 10.2. The van der Waals surface area contributed by atoms with E-state index in [2.05, 4.69) is 22.0 Å². The maximum absolute atomic E-state index is 4.83. The molecule has 1 aliphatic carbocycles. The SMILES string of the molecule is C1CCC2(CC1)CN=C(NCCN1CCSCC1)SC2. The summed E-state index contributed by atoms with van der Waals surface area (Å²) in [7, 11) is 0. The molecule has 0 aromatic carbocycles. The third-order valence-electron chi connectivity index (χ3n) is 4.80. The monoisotopic (exact) mass is 313 g/mol. The van der Waals surface area contributed by atoms with Gasteiger partial charge in [-0.2, -0.15) is 11.8 Å². The van der Waals surface area contributed by atoms with Crippen molar-refractivity contribution >= 4 is 28.7 Å². The normalized spacial score (nSPS) is 27.3. The predicted molar refractivity (Wildman–Crippen MR) is 92.0 cm³/mol. The fraction of sp³-hybridized carbons (Fsp3) is 0.933. The lowest BCUT2D eigenvalue weighted by Crippen LogP contribution is -2.41. The van der Waals surface area contributed by atoms with Gasteiger partial charge in [-0.25, -0.2) is 0 Å². The zero-order valence-electron chi connectivity index (χ0n) is 12.4. The number of nitrogens with one attached hydrogen (secondary N) is 1. The predicted octanol–water partition coefficient (Wildman–Crippen LogP) is 2.68. The van der Waals surface area contributed by atoms with Crippen molar-refractivity contribution in [2.75, 3.05) is 50.0 Å². The Kier molecular flexibility index (Phi) is 5.57. The highest BCUT2D eigenvalue weighted by molar-refractivity contribution is 8.13. The first kappa shape index (κ1) is 15.0. The molecule has 1 saturated carbocycles. The van der Waals surface area contributed by atoms with Gasteiger partial charge in [0, 0.05) is 50.0 Å². The second kappa shape index (κ2) is 7.41. The number of hydrogen-bond acceptors (Lipinski definition) is 5. The highest BCUT2D eigenvalue weighted by atomic mass is 32.2. The van der Waals surface area contributed by atoms with E-state index in [0.29, 0.717) is 5.41 Å². The van der Waals surface area contributed by atoms with E-state index in [4.69, 9.17) is 4.99 Å². The van der Waals surface area contributed by atoms with Crippen molar-refractivity contribution in [3.8, 4) is 0 Å². The average molecular weight is 314 g/mol. The quantitative estimate of drug-likeness (QED) is 0.867. The van der Waals surface area contributed by atoms with E-state index in [1.54, 1.807) is 0 Å². The summed E-state index contributed by atoms with van der Waals surface area (Å²) in [6.07, 6.45) is 7.09. The number of thioether (sulfide) groups is 2. The highest BCUT2D eigenvalue weighted by Gasteiger charge is 2.34. The number of aliphatic imine (C=N–C) groups is 1. The molecule has 2 fully saturated rings. The minimum absolute atomic E-state index is 0.554. The molecule has 20 heavy (non-hydrogen) atoms. The first-order valence-electron chi connectivity index (χ1n) is 8.08. The Morgan fingerprint density at radius 2 is 1.95 bits per heavy atom. The molecule has 0 aromatic rings. The van der Waals surface area contributed by atoms with E-state index < -0.39 is 0 Å². The van der Waals surface area contributed by atoms with Gasteiger partial charge in [0.1, 0.15) is 0 Å². The van der Waals surface area contributed by atoms with Gasteiger partial charge >= 0.3 is 0 Å². The Hall–Kier alpha value is 0.130. The maximum atomic E-state index is 4.83. The van der Waals surface area contributed by atoms with Crippen molar-refractivity contribution in [1.82, 2.24) is 10.2 Å². The van der Waals surface area contributed by atoms with Gasteiger partial charge in [0.2, 0.25) is 0 Å². The molecule has 2 heterocycles. The Morgan fingerprint density at radius 1 is 1.15 bits per heavy atom. The Bertz CT molecular complexity index is 334. The number of rotatable bonds is 3. The fourth-order valence-electron chi connectivity index (χ4n) is 3.41. The van der Waals surface area contributed by atoms with Crippen LogP contribution in [-0.2, 0) is 0 Å².